The Labute approximate surface area is 125 Å². The molecule has 0 amide bonds. The van der Waals surface area contributed by atoms with E-state index in [1.807, 2.05) is 0 Å². The van der Waals surface area contributed by atoms with Crippen LogP contribution in [0.15, 0.2) is 0 Å². The van der Waals surface area contributed by atoms with Crippen molar-refractivity contribution in [2.75, 3.05) is 6.61 Å². The summed E-state index contributed by atoms with van der Waals surface area (Å²) < 4.78 is 6.37. The van der Waals surface area contributed by atoms with E-state index in [2.05, 4.69) is 46.4 Å². The van der Waals surface area contributed by atoms with Crippen molar-refractivity contribution in [3.05, 3.63) is 0 Å². The minimum atomic E-state index is 0.0266. The van der Waals surface area contributed by atoms with E-state index in [4.69, 9.17) is 4.74 Å². The van der Waals surface area contributed by atoms with Crippen molar-refractivity contribution < 1.29 is 4.74 Å². The Morgan fingerprint density at radius 1 is 0.947 bits per heavy atom. The first-order valence-electron chi connectivity index (χ1n) is 8.16. The molecule has 114 valence electrons. The molecule has 0 spiro atoms. The van der Waals surface area contributed by atoms with Crippen molar-refractivity contribution in [1.29, 1.82) is 0 Å². The Balaban J connectivity index is 2.38. The van der Waals surface area contributed by atoms with Gasteiger partial charge < -0.3 is 4.74 Å². The summed E-state index contributed by atoms with van der Waals surface area (Å²) in [6.45, 7) is 12.2. The first-order valence-corrected chi connectivity index (χ1v) is 9.04. The molecule has 0 unspecified atom stereocenters. The minimum Gasteiger partial charge on any atom is -0.374 e. The van der Waals surface area contributed by atoms with E-state index >= 15 is 0 Å². The monoisotopic (exact) mass is 286 g/mol. The molecule has 1 rings (SSSR count). The maximum absolute atomic E-state index is 6.12. The van der Waals surface area contributed by atoms with Crippen LogP contribution >= 0.6 is 11.8 Å². The number of hydrogen-bond donors (Lipinski definition) is 0. The molecule has 0 radical (unpaired) electrons. The molecular weight excluding hydrogens is 252 g/mol. The second-order valence-electron chi connectivity index (χ2n) is 7.25. The number of hydrogen-bond acceptors (Lipinski definition) is 2. The highest BCUT2D eigenvalue weighted by molar-refractivity contribution is 8.01. The van der Waals surface area contributed by atoms with Crippen LogP contribution in [0.5, 0.6) is 0 Å². The van der Waals surface area contributed by atoms with Crippen LogP contribution < -0.4 is 0 Å². The zero-order valence-corrected chi connectivity index (χ0v) is 14.6. The van der Waals surface area contributed by atoms with Gasteiger partial charge in [0, 0.05) is 10.00 Å². The van der Waals surface area contributed by atoms with E-state index in [-0.39, 0.29) is 10.3 Å². The summed E-state index contributed by atoms with van der Waals surface area (Å²) in [5.41, 5.74) is 0.0266. The molecule has 0 saturated heterocycles. The van der Waals surface area contributed by atoms with Gasteiger partial charge in [-0.15, -0.1) is 11.8 Å². The lowest BCUT2D eigenvalue weighted by Crippen LogP contribution is -2.33. The lowest BCUT2D eigenvalue weighted by Gasteiger charge is -2.34. The van der Waals surface area contributed by atoms with Crippen molar-refractivity contribution in [3.8, 4) is 0 Å². The Hall–Kier alpha value is 0.310. The number of rotatable bonds is 6. The van der Waals surface area contributed by atoms with E-state index < -0.39 is 0 Å². The molecule has 1 nitrogen and oxygen atoms in total. The van der Waals surface area contributed by atoms with Crippen molar-refractivity contribution in [3.63, 3.8) is 0 Å². The van der Waals surface area contributed by atoms with Crippen LogP contribution in [-0.2, 0) is 4.74 Å². The third-order valence-corrected chi connectivity index (χ3v) is 5.76. The molecule has 2 heteroatoms. The summed E-state index contributed by atoms with van der Waals surface area (Å²) in [5, 5.41) is 0.851. The Bertz CT molecular complexity index is 240. The number of ether oxygens (including phenoxy) is 1. The second-order valence-corrected chi connectivity index (χ2v) is 9.25. The van der Waals surface area contributed by atoms with Crippen molar-refractivity contribution in [1.82, 2.24) is 0 Å². The SMILES string of the molecule is CCC(C)(C)OCC(C)(C)SC1CCCCCCC1. The lowest BCUT2D eigenvalue weighted by molar-refractivity contribution is -0.0275. The third kappa shape index (κ3) is 7.60. The topological polar surface area (TPSA) is 9.23 Å². The zero-order valence-electron chi connectivity index (χ0n) is 13.8. The molecule has 0 aromatic rings. The van der Waals surface area contributed by atoms with Gasteiger partial charge in [-0.25, -0.2) is 0 Å². The van der Waals surface area contributed by atoms with Gasteiger partial charge in [-0.1, -0.05) is 39.0 Å². The molecule has 1 aliphatic rings. The van der Waals surface area contributed by atoms with Crippen LogP contribution in [0.4, 0.5) is 0 Å². The van der Waals surface area contributed by atoms with Crippen LogP contribution in [0.3, 0.4) is 0 Å². The van der Waals surface area contributed by atoms with Crippen LogP contribution in [-0.4, -0.2) is 22.2 Å². The van der Waals surface area contributed by atoms with Crippen LogP contribution in [0.2, 0.25) is 0 Å². The average Bonchev–Trinajstić information content (AvgIpc) is 2.30. The zero-order chi connectivity index (χ0) is 14.4. The van der Waals surface area contributed by atoms with Crippen LogP contribution in [0, 0.1) is 0 Å². The van der Waals surface area contributed by atoms with Crippen molar-refractivity contribution in [2.45, 2.75) is 102 Å². The van der Waals surface area contributed by atoms with Gasteiger partial charge in [-0.3, -0.25) is 0 Å². The van der Waals surface area contributed by atoms with Gasteiger partial charge in [0.05, 0.1) is 12.2 Å². The summed E-state index contributed by atoms with van der Waals surface area (Å²) >= 11 is 2.17. The van der Waals surface area contributed by atoms with E-state index in [0.29, 0.717) is 0 Å². The molecule has 0 N–H and O–H groups in total. The van der Waals surface area contributed by atoms with Crippen LogP contribution in [0.25, 0.3) is 0 Å². The van der Waals surface area contributed by atoms with Gasteiger partial charge in [0.2, 0.25) is 0 Å². The number of thioether (sulfide) groups is 1. The molecule has 1 fully saturated rings. The maximum Gasteiger partial charge on any atom is 0.0624 e. The summed E-state index contributed by atoms with van der Waals surface area (Å²) in [4.78, 5) is 0. The standard InChI is InChI=1S/C17H34OS/c1-6-16(2,3)18-14-17(4,5)19-15-12-10-8-7-9-11-13-15/h15H,6-14H2,1-5H3. The van der Waals surface area contributed by atoms with Gasteiger partial charge in [-0.2, -0.15) is 0 Å². The molecule has 0 atom stereocenters. The molecule has 0 aromatic carbocycles. The predicted molar refractivity (Wildman–Crippen MR) is 88.1 cm³/mol. The third-order valence-electron chi connectivity index (χ3n) is 4.20. The molecule has 0 heterocycles. The lowest BCUT2D eigenvalue weighted by atomic mass is 10.0. The highest BCUT2D eigenvalue weighted by Crippen LogP contribution is 2.36. The maximum atomic E-state index is 6.12. The minimum absolute atomic E-state index is 0.0266. The molecule has 1 saturated carbocycles. The van der Waals surface area contributed by atoms with E-state index in [9.17, 15) is 0 Å². The van der Waals surface area contributed by atoms with Crippen molar-refractivity contribution in [2.24, 2.45) is 0 Å². The fourth-order valence-electron chi connectivity index (χ4n) is 2.49. The normalized spacial score (nSPS) is 20.1. The second kappa shape index (κ2) is 7.93. The van der Waals surface area contributed by atoms with Gasteiger partial charge >= 0.3 is 0 Å². The van der Waals surface area contributed by atoms with E-state index in [0.717, 1.165) is 18.3 Å². The molecular formula is C17H34OS. The first kappa shape index (κ1) is 17.4. The van der Waals surface area contributed by atoms with E-state index in [1.54, 1.807) is 0 Å². The largest absolute Gasteiger partial charge is 0.374 e. The summed E-state index contributed by atoms with van der Waals surface area (Å²) in [5.74, 6) is 0. The van der Waals surface area contributed by atoms with Gasteiger partial charge in [0.1, 0.15) is 0 Å². The summed E-state index contributed by atoms with van der Waals surface area (Å²) in [7, 11) is 0. The molecule has 0 aliphatic heterocycles. The molecule has 19 heavy (non-hydrogen) atoms. The fourth-order valence-corrected chi connectivity index (χ4v) is 4.09. The summed E-state index contributed by atoms with van der Waals surface area (Å²) in [6.07, 6.45) is 11.1. The van der Waals surface area contributed by atoms with Crippen molar-refractivity contribution >= 4 is 11.8 Å². The Morgan fingerprint density at radius 2 is 1.47 bits per heavy atom. The Kier molecular flexibility index (Phi) is 7.24. The Morgan fingerprint density at radius 3 is 2.00 bits per heavy atom. The first-order chi connectivity index (χ1) is 8.85. The van der Waals surface area contributed by atoms with Gasteiger partial charge in [0.15, 0.2) is 0 Å². The molecule has 1 aliphatic carbocycles. The van der Waals surface area contributed by atoms with Gasteiger partial charge in [0.25, 0.3) is 0 Å². The fraction of sp³-hybridized carbons (Fsp3) is 1.00. The quantitative estimate of drug-likeness (QED) is 0.608. The van der Waals surface area contributed by atoms with E-state index in [1.165, 1.54) is 44.9 Å². The summed E-state index contributed by atoms with van der Waals surface area (Å²) in [6, 6.07) is 0. The van der Waals surface area contributed by atoms with Crippen LogP contribution in [0.1, 0.15) is 86.0 Å². The van der Waals surface area contributed by atoms with Gasteiger partial charge in [-0.05, 0) is 47.0 Å². The molecule has 0 bridgehead atoms. The highest BCUT2D eigenvalue weighted by Gasteiger charge is 2.27. The highest BCUT2D eigenvalue weighted by atomic mass is 32.2. The smallest absolute Gasteiger partial charge is 0.0624 e. The predicted octanol–water partition coefficient (Wildman–Crippen LogP) is 5.82. The molecule has 0 aromatic heterocycles. The average molecular weight is 287 g/mol.